The van der Waals surface area contributed by atoms with Crippen molar-refractivity contribution in [3.05, 3.63) is 58.8 Å². The molecular formula is C20H20F2N2O4. The predicted molar refractivity (Wildman–Crippen MR) is 97.6 cm³/mol. The van der Waals surface area contributed by atoms with E-state index >= 15 is 0 Å². The van der Waals surface area contributed by atoms with E-state index in [1.54, 1.807) is 19.9 Å². The molecule has 3 rings (SSSR count). The normalized spacial score (nSPS) is 10.9. The molecule has 2 aromatic heterocycles. The van der Waals surface area contributed by atoms with Crippen molar-refractivity contribution in [3.8, 4) is 11.6 Å². The summed E-state index contributed by atoms with van der Waals surface area (Å²) in [7, 11) is 0. The zero-order valence-electron chi connectivity index (χ0n) is 15.8. The fraction of sp³-hybridized carbons (Fsp3) is 0.300. The Bertz CT molecular complexity index is 997. The van der Waals surface area contributed by atoms with Gasteiger partial charge in [0.1, 0.15) is 29.5 Å². The molecule has 0 saturated heterocycles. The van der Waals surface area contributed by atoms with Gasteiger partial charge in [-0.2, -0.15) is 9.61 Å². The Morgan fingerprint density at radius 3 is 2.54 bits per heavy atom. The van der Waals surface area contributed by atoms with E-state index in [1.807, 2.05) is 13.0 Å². The third kappa shape index (κ3) is 3.90. The molecule has 1 aromatic carbocycles. The molecule has 0 N–H and O–H groups in total. The minimum absolute atomic E-state index is 0.176. The van der Waals surface area contributed by atoms with Gasteiger partial charge in [-0.05, 0) is 44.0 Å². The Kier molecular flexibility index (Phi) is 5.77. The van der Waals surface area contributed by atoms with Crippen molar-refractivity contribution in [2.75, 3.05) is 6.61 Å². The Hall–Kier alpha value is -3.16. The van der Waals surface area contributed by atoms with Gasteiger partial charge in [-0.15, -0.1) is 0 Å². The summed E-state index contributed by atoms with van der Waals surface area (Å²) in [6, 6.07) is 7.17. The highest BCUT2D eigenvalue weighted by atomic mass is 19.1. The molecule has 0 bridgehead atoms. The van der Waals surface area contributed by atoms with Gasteiger partial charge in [-0.3, -0.25) is 0 Å². The van der Waals surface area contributed by atoms with Crippen LogP contribution in [0, 0.1) is 18.6 Å². The monoisotopic (exact) mass is 390 g/mol. The van der Waals surface area contributed by atoms with E-state index in [1.165, 1.54) is 22.7 Å². The second-order valence-corrected chi connectivity index (χ2v) is 6.04. The van der Waals surface area contributed by atoms with Crippen molar-refractivity contribution < 1.29 is 27.8 Å². The molecule has 148 valence electrons. The number of aryl methyl sites for hydroxylation is 2. The third-order valence-electron chi connectivity index (χ3n) is 4.16. The van der Waals surface area contributed by atoms with Gasteiger partial charge in [0.05, 0.1) is 12.2 Å². The van der Waals surface area contributed by atoms with Crippen LogP contribution in [0.25, 0.3) is 5.52 Å². The lowest BCUT2D eigenvalue weighted by atomic mass is 10.2. The Balaban J connectivity index is 1.99. The number of carbonyl (C=O) groups excluding carboxylic acids is 1. The molecule has 0 radical (unpaired) electrons. The number of hydrogen-bond acceptors (Lipinski definition) is 5. The smallest absolute Gasteiger partial charge is 0.473 e. The van der Waals surface area contributed by atoms with Crippen LogP contribution in [0.15, 0.2) is 30.3 Å². The number of pyridine rings is 1. The fourth-order valence-corrected chi connectivity index (χ4v) is 2.74. The van der Waals surface area contributed by atoms with Crippen LogP contribution in [0.3, 0.4) is 0 Å². The molecule has 0 aliphatic rings. The molecule has 0 amide bonds. The highest BCUT2D eigenvalue weighted by Crippen LogP contribution is 2.30. The average Bonchev–Trinajstić information content (AvgIpc) is 2.97. The van der Waals surface area contributed by atoms with Crippen LogP contribution in [0.1, 0.15) is 30.7 Å². The van der Waals surface area contributed by atoms with Crippen LogP contribution >= 0.6 is 0 Å². The number of carbonyl (C=O) groups is 1. The minimum atomic E-state index is -0.835. The summed E-state index contributed by atoms with van der Waals surface area (Å²) in [4.78, 5) is 11.7. The van der Waals surface area contributed by atoms with Gasteiger partial charge >= 0.3 is 6.16 Å². The number of nitrogens with zero attached hydrogens (tertiary/aromatic N) is 2. The molecule has 3 aromatic rings. The maximum Gasteiger partial charge on any atom is 0.513 e. The topological polar surface area (TPSA) is 62.1 Å². The number of ether oxygens (including phenoxy) is 3. The van der Waals surface area contributed by atoms with Gasteiger partial charge < -0.3 is 14.2 Å². The van der Waals surface area contributed by atoms with Gasteiger partial charge in [0.2, 0.25) is 5.88 Å². The van der Waals surface area contributed by atoms with E-state index in [4.69, 9.17) is 14.2 Å². The first kappa shape index (κ1) is 19.6. The minimum Gasteiger partial charge on any atom is -0.473 e. The molecule has 8 heteroatoms. The van der Waals surface area contributed by atoms with Gasteiger partial charge in [0.25, 0.3) is 0 Å². The summed E-state index contributed by atoms with van der Waals surface area (Å²) in [5, 5.41) is 4.33. The second-order valence-electron chi connectivity index (χ2n) is 6.04. The van der Waals surface area contributed by atoms with Crippen LogP contribution in [-0.2, 0) is 17.8 Å². The lowest BCUT2D eigenvalue weighted by Gasteiger charge is -2.11. The quantitative estimate of drug-likeness (QED) is 0.576. The number of benzene rings is 1. The van der Waals surface area contributed by atoms with E-state index in [9.17, 15) is 13.6 Å². The Morgan fingerprint density at radius 1 is 1.18 bits per heavy atom. The first-order valence-electron chi connectivity index (χ1n) is 8.87. The van der Waals surface area contributed by atoms with Crippen molar-refractivity contribution in [2.24, 2.45) is 0 Å². The molecular weight excluding hydrogens is 370 g/mol. The summed E-state index contributed by atoms with van der Waals surface area (Å²) in [5.74, 6) is -0.855. The molecule has 0 spiro atoms. The van der Waals surface area contributed by atoms with Crippen LogP contribution < -0.4 is 9.47 Å². The van der Waals surface area contributed by atoms with E-state index in [0.29, 0.717) is 17.6 Å². The zero-order valence-corrected chi connectivity index (χ0v) is 15.8. The highest BCUT2D eigenvalue weighted by molar-refractivity contribution is 5.72. The molecule has 0 fully saturated rings. The Morgan fingerprint density at radius 2 is 1.89 bits per heavy atom. The van der Waals surface area contributed by atoms with Gasteiger partial charge in [0, 0.05) is 6.07 Å². The first-order valence-corrected chi connectivity index (χ1v) is 8.87. The molecule has 0 aliphatic heterocycles. The van der Waals surface area contributed by atoms with Gasteiger partial charge in [-0.1, -0.05) is 13.0 Å². The zero-order chi connectivity index (χ0) is 20.3. The summed E-state index contributed by atoms with van der Waals surface area (Å²) in [6.45, 7) is 5.16. The summed E-state index contributed by atoms with van der Waals surface area (Å²) < 4.78 is 45.0. The van der Waals surface area contributed by atoms with Crippen molar-refractivity contribution in [2.45, 2.75) is 33.8 Å². The molecule has 6 nitrogen and oxygen atoms in total. The standard InChI is InChI=1S/C20H20F2N2O4/c1-4-13-9-17-19(28-20(25)26-5-2)12(3)23-24(17)18(10-13)27-11-14-15(21)7-6-8-16(14)22/h6-10H,4-5,11H2,1-3H3. The maximum atomic E-state index is 13.9. The van der Waals surface area contributed by atoms with E-state index in [2.05, 4.69) is 5.10 Å². The molecule has 0 saturated carbocycles. The largest absolute Gasteiger partial charge is 0.513 e. The van der Waals surface area contributed by atoms with Gasteiger partial charge in [-0.25, -0.2) is 13.6 Å². The number of fused-ring (bicyclic) bond motifs is 1. The summed E-state index contributed by atoms with van der Waals surface area (Å²) in [6.07, 6.45) is -0.164. The van der Waals surface area contributed by atoms with Crippen molar-refractivity contribution in [1.29, 1.82) is 0 Å². The van der Waals surface area contributed by atoms with Crippen LogP contribution in [0.2, 0.25) is 0 Å². The second kappa shape index (κ2) is 8.24. The van der Waals surface area contributed by atoms with Gasteiger partial charge in [0.15, 0.2) is 5.75 Å². The molecule has 0 unspecified atom stereocenters. The molecule has 2 heterocycles. The molecule has 0 aliphatic carbocycles. The molecule has 0 atom stereocenters. The average molecular weight is 390 g/mol. The maximum absolute atomic E-state index is 13.9. The summed E-state index contributed by atoms with van der Waals surface area (Å²) >= 11 is 0. The fourth-order valence-electron chi connectivity index (χ4n) is 2.74. The number of rotatable bonds is 6. The van der Waals surface area contributed by atoms with Crippen molar-refractivity contribution in [1.82, 2.24) is 9.61 Å². The van der Waals surface area contributed by atoms with Crippen molar-refractivity contribution >= 4 is 11.7 Å². The van der Waals surface area contributed by atoms with E-state index in [0.717, 1.165) is 5.56 Å². The lowest BCUT2D eigenvalue weighted by Crippen LogP contribution is -2.10. The summed E-state index contributed by atoms with van der Waals surface area (Å²) in [5.41, 5.74) is 1.65. The lowest BCUT2D eigenvalue weighted by molar-refractivity contribution is 0.104. The van der Waals surface area contributed by atoms with Crippen LogP contribution in [0.4, 0.5) is 13.6 Å². The van der Waals surface area contributed by atoms with E-state index in [-0.39, 0.29) is 30.4 Å². The number of hydrogen-bond donors (Lipinski definition) is 0. The first-order chi connectivity index (χ1) is 13.4. The SMILES string of the molecule is CCOC(=O)Oc1c(C)nn2c(OCc3c(F)cccc3F)cc(CC)cc12. The number of halogens is 2. The van der Waals surface area contributed by atoms with Crippen molar-refractivity contribution in [3.63, 3.8) is 0 Å². The third-order valence-corrected chi connectivity index (χ3v) is 4.16. The predicted octanol–water partition coefficient (Wildman–Crippen LogP) is 4.60. The highest BCUT2D eigenvalue weighted by Gasteiger charge is 2.19. The Labute approximate surface area is 160 Å². The van der Waals surface area contributed by atoms with Crippen LogP contribution in [0.5, 0.6) is 11.6 Å². The van der Waals surface area contributed by atoms with E-state index < -0.39 is 17.8 Å². The van der Waals surface area contributed by atoms with Crippen LogP contribution in [-0.4, -0.2) is 22.4 Å². The number of aromatic nitrogens is 2. The molecule has 28 heavy (non-hydrogen) atoms.